The Balaban J connectivity index is 2.14. The van der Waals surface area contributed by atoms with Crippen molar-refractivity contribution in [1.29, 1.82) is 0 Å². The van der Waals surface area contributed by atoms with Gasteiger partial charge >= 0.3 is 0 Å². The van der Waals surface area contributed by atoms with E-state index < -0.39 is 0 Å². The molecule has 1 aliphatic heterocycles. The highest BCUT2D eigenvalue weighted by Crippen LogP contribution is 2.20. The number of aryl methyl sites for hydroxylation is 1. The van der Waals surface area contributed by atoms with Gasteiger partial charge in [0.1, 0.15) is 5.82 Å². The molecular weight excluding hydrogens is 162 g/mol. The average molecular weight is 177 g/mol. The van der Waals surface area contributed by atoms with Crippen molar-refractivity contribution in [3.8, 4) is 0 Å². The lowest BCUT2D eigenvalue weighted by atomic mass is 10.0. The second-order valence-electron chi connectivity index (χ2n) is 3.53. The smallest absolute Gasteiger partial charge is 0.125 e. The standard InChI is InChI=1S/C10H15N3/c1-8-11-7-5-10(13-8)9-4-2-3-6-12-9/h5,7,9,12H,2-4,6H2,1H3. The van der Waals surface area contributed by atoms with E-state index in [-0.39, 0.29) is 0 Å². The van der Waals surface area contributed by atoms with E-state index in [1.807, 2.05) is 19.2 Å². The molecule has 3 heteroatoms. The van der Waals surface area contributed by atoms with Crippen molar-refractivity contribution in [2.75, 3.05) is 6.54 Å². The van der Waals surface area contributed by atoms with Gasteiger partial charge in [-0.25, -0.2) is 9.97 Å². The molecule has 2 heterocycles. The van der Waals surface area contributed by atoms with Crippen LogP contribution in [0.5, 0.6) is 0 Å². The first-order valence-electron chi connectivity index (χ1n) is 4.89. The first-order chi connectivity index (χ1) is 6.36. The molecule has 1 fully saturated rings. The Kier molecular flexibility index (Phi) is 2.54. The van der Waals surface area contributed by atoms with Gasteiger partial charge in [-0.3, -0.25) is 0 Å². The molecule has 0 bridgehead atoms. The van der Waals surface area contributed by atoms with Crippen molar-refractivity contribution in [3.63, 3.8) is 0 Å². The maximum Gasteiger partial charge on any atom is 0.125 e. The highest BCUT2D eigenvalue weighted by atomic mass is 15.0. The van der Waals surface area contributed by atoms with E-state index in [2.05, 4.69) is 15.3 Å². The zero-order valence-electron chi connectivity index (χ0n) is 7.95. The molecule has 0 aromatic carbocycles. The van der Waals surface area contributed by atoms with Crippen LogP contribution in [0.4, 0.5) is 0 Å². The van der Waals surface area contributed by atoms with Crippen LogP contribution in [0.15, 0.2) is 12.3 Å². The number of hydrogen-bond acceptors (Lipinski definition) is 3. The van der Waals surface area contributed by atoms with Crippen LogP contribution in [0.2, 0.25) is 0 Å². The third-order valence-corrected chi connectivity index (χ3v) is 2.46. The van der Waals surface area contributed by atoms with Gasteiger partial charge < -0.3 is 5.32 Å². The van der Waals surface area contributed by atoms with Gasteiger partial charge in [-0.15, -0.1) is 0 Å². The van der Waals surface area contributed by atoms with Crippen LogP contribution in [-0.4, -0.2) is 16.5 Å². The number of rotatable bonds is 1. The number of hydrogen-bond donors (Lipinski definition) is 1. The molecular formula is C10H15N3. The highest BCUT2D eigenvalue weighted by Gasteiger charge is 2.15. The molecule has 1 N–H and O–H groups in total. The van der Waals surface area contributed by atoms with Crippen LogP contribution in [-0.2, 0) is 0 Å². The van der Waals surface area contributed by atoms with Crippen molar-refractivity contribution in [2.45, 2.75) is 32.2 Å². The molecule has 0 aliphatic carbocycles. The molecule has 1 aromatic rings. The van der Waals surface area contributed by atoms with Gasteiger partial charge in [-0.1, -0.05) is 6.42 Å². The zero-order valence-corrected chi connectivity index (χ0v) is 7.95. The maximum atomic E-state index is 4.42. The van der Waals surface area contributed by atoms with Crippen molar-refractivity contribution in [3.05, 3.63) is 23.8 Å². The van der Waals surface area contributed by atoms with E-state index in [1.165, 1.54) is 19.3 Å². The van der Waals surface area contributed by atoms with Crippen LogP contribution >= 0.6 is 0 Å². The fourth-order valence-corrected chi connectivity index (χ4v) is 1.77. The predicted molar refractivity (Wildman–Crippen MR) is 51.4 cm³/mol. The van der Waals surface area contributed by atoms with Gasteiger partial charge in [0, 0.05) is 12.2 Å². The first-order valence-corrected chi connectivity index (χ1v) is 4.89. The van der Waals surface area contributed by atoms with E-state index in [0.717, 1.165) is 18.1 Å². The van der Waals surface area contributed by atoms with Crippen LogP contribution in [0.1, 0.15) is 36.8 Å². The topological polar surface area (TPSA) is 37.8 Å². The summed E-state index contributed by atoms with van der Waals surface area (Å²) >= 11 is 0. The van der Waals surface area contributed by atoms with E-state index >= 15 is 0 Å². The van der Waals surface area contributed by atoms with E-state index in [4.69, 9.17) is 0 Å². The zero-order chi connectivity index (χ0) is 9.10. The summed E-state index contributed by atoms with van der Waals surface area (Å²) in [5.74, 6) is 0.866. The molecule has 3 nitrogen and oxygen atoms in total. The minimum atomic E-state index is 0.454. The van der Waals surface area contributed by atoms with Gasteiger partial charge in [0.05, 0.1) is 5.69 Å². The Labute approximate surface area is 78.6 Å². The summed E-state index contributed by atoms with van der Waals surface area (Å²) in [6, 6.07) is 2.46. The third kappa shape index (κ3) is 2.04. The van der Waals surface area contributed by atoms with Crippen LogP contribution in [0, 0.1) is 6.92 Å². The van der Waals surface area contributed by atoms with Crippen LogP contribution < -0.4 is 5.32 Å². The first kappa shape index (κ1) is 8.63. The minimum absolute atomic E-state index is 0.454. The molecule has 1 unspecified atom stereocenters. The SMILES string of the molecule is Cc1nccc(C2CCCCN2)n1. The maximum absolute atomic E-state index is 4.42. The molecule has 2 rings (SSSR count). The molecule has 13 heavy (non-hydrogen) atoms. The minimum Gasteiger partial charge on any atom is -0.309 e. The summed E-state index contributed by atoms with van der Waals surface area (Å²) in [5.41, 5.74) is 1.15. The van der Waals surface area contributed by atoms with Crippen molar-refractivity contribution in [2.24, 2.45) is 0 Å². The second kappa shape index (κ2) is 3.83. The van der Waals surface area contributed by atoms with Crippen LogP contribution in [0.3, 0.4) is 0 Å². The van der Waals surface area contributed by atoms with Gasteiger partial charge in [0.15, 0.2) is 0 Å². The molecule has 0 amide bonds. The number of piperidine rings is 1. The quantitative estimate of drug-likeness (QED) is 0.708. The van der Waals surface area contributed by atoms with E-state index in [0.29, 0.717) is 6.04 Å². The summed E-state index contributed by atoms with van der Waals surface area (Å²) in [7, 11) is 0. The van der Waals surface area contributed by atoms with Crippen LogP contribution in [0.25, 0.3) is 0 Å². The number of nitrogens with zero attached hydrogens (tertiary/aromatic N) is 2. The largest absolute Gasteiger partial charge is 0.309 e. The Bertz CT molecular complexity index is 279. The predicted octanol–water partition coefficient (Wildman–Crippen LogP) is 1.60. The Hall–Kier alpha value is -0.960. The normalized spacial score (nSPS) is 23.0. The van der Waals surface area contributed by atoms with E-state index in [1.54, 1.807) is 0 Å². The van der Waals surface area contributed by atoms with Crippen molar-refractivity contribution < 1.29 is 0 Å². The Morgan fingerprint density at radius 1 is 1.46 bits per heavy atom. The Morgan fingerprint density at radius 2 is 2.38 bits per heavy atom. The molecule has 0 radical (unpaired) electrons. The molecule has 1 saturated heterocycles. The number of aromatic nitrogens is 2. The van der Waals surface area contributed by atoms with Gasteiger partial charge in [0.2, 0.25) is 0 Å². The summed E-state index contributed by atoms with van der Waals surface area (Å²) in [4.78, 5) is 8.52. The van der Waals surface area contributed by atoms with Crippen molar-refractivity contribution >= 4 is 0 Å². The summed E-state index contributed by atoms with van der Waals surface area (Å²) in [5, 5.41) is 3.47. The Morgan fingerprint density at radius 3 is 3.08 bits per heavy atom. The molecule has 0 spiro atoms. The fourth-order valence-electron chi connectivity index (χ4n) is 1.77. The monoisotopic (exact) mass is 177 g/mol. The molecule has 1 aliphatic rings. The summed E-state index contributed by atoms with van der Waals surface area (Å²) in [6.45, 7) is 3.06. The molecule has 70 valence electrons. The van der Waals surface area contributed by atoms with E-state index in [9.17, 15) is 0 Å². The lowest BCUT2D eigenvalue weighted by molar-refractivity contribution is 0.404. The van der Waals surface area contributed by atoms with Crippen molar-refractivity contribution in [1.82, 2.24) is 15.3 Å². The molecule has 0 saturated carbocycles. The molecule has 1 atom stereocenters. The highest BCUT2D eigenvalue weighted by molar-refractivity contribution is 5.07. The fraction of sp³-hybridized carbons (Fsp3) is 0.600. The van der Waals surface area contributed by atoms with Gasteiger partial charge in [0.25, 0.3) is 0 Å². The molecule has 1 aromatic heterocycles. The number of nitrogens with one attached hydrogen (secondary N) is 1. The second-order valence-corrected chi connectivity index (χ2v) is 3.53. The summed E-state index contributed by atoms with van der Waals surface area (Å²) in [6.07, 6.45) is 5.64. The third-order valence-electron chi connectivity index (χ3n) is 2.46. The lowest BCUT2D eigenvalue weighted by Gasteiger charge is -2.22. The summed E-state index contributed by atoms with van der Waals surface area (Å²) < 4.78 is 0. The van der Waals surface area contributed by atoms with Gasteiger partial charge in [-0.2, -0.15) is 0 Å². The van der Waals surface area contributed by atoms with Gasteiger partial charge in [-0.05, 0) is 32.4 Å². The average Bonchev–Trinajstić information content (AvgIpc) is 2.19. The lowest BCUT2D eigenvalue weighted by Crippen LogP contribution is -2.27.